The first-order valence-electron chi connectivity index (χ1n) is 4.39. The second kappa shape index (κ2) is 4.44. The molecule has 0 heterocycles. The Bertz CT molecular complexity index is 326. The van der Waals surface area contributed by atoms with E-state index >= 15 is 0 Å². The second-order valence-corrected chi connectivity index (χ2v) is 3.47. The summed E-state index contributed by atoms with van der Waals surface area (Å²) in [6.07, 6.45) is 6.55. The predicted molar refractivity (Wildman–Crippen MR) is 52.9 cm³/mol. The van der Waals surface area contributed by atoms with Gasteiger partial charge in [0.2, 0.25) is 0 Å². The molecule has 1 heteroatoms. The Hall–Kier alpha value is -0.0661. The van der Waals surface area contributed by atoms with Crippen LogP contribution in [0.15, 0.2) is 24.3 Å². The number of rotatable bonds is 0. The summed E-state index contributed by atoms with van der Waals surface area (Å²) in [7, 11) is 0. The molecule has 0 aliphatic heterocycles. The maximum atomic E-state index is 2.28. The Kier molecular flexibility index (Phi) is 3.76. The van der Waals surface area contributed by atoms with Crippen LogP contribution in [0.1, 0.15) is 29.5 Å². The smallest absolute Gasteiger partial charge is 0 e. The molecular weight excluding hydrogens is 233 g/mol. The van der Waals surface area contributed by atoms with E-state index in [4.69, 9.17) is 0 Å². The van der Waals surface area contributed by atoms with Gasteiger partial charge in [0.05, 0.1) is 0 Å². The summed E-state index contributed by atoms with van der Waals surface area (Å²) in [5, 5.41) is 0. The molecule has 1 aliphatic carbocycles. The van der Waals surface area contributed by atoms with Crippen LogP contribution in [0.25, 0.3) is 6.08 Å². The normalized spacial score (nSPS) is 18.5. The molecule has 0 fully saturated rings. The topological polar surface area (TPSA) is 0 Å². The maximum absolute atomic E-state index is 2.28. The molecule has 0 N–H and O–H groups in total. The summed E-state index contributed by atoms with van der Waals surface area (Å²) in [5.74, 6) is 0.574. The Balaban J connectivity index is 0.000000845. The zero-order valence-electron chi connectivity index (χ0n) is 8.12. The van der Waals surface area contributed by atoms with Gasteiger partial charge in [0.15, 0.2) is 0 Å². The number of aryl methyl sites for hydroxylation is 1. The molecule has 1 unspecified atom stereocenters. The van der Waals surface area contributed by atoms with E-state index < -0.39 is 0 Å². The molecule has 1 radical (unpaired) electrons. The Morgan fingerprint density at radius 1 is 1.31 bits per heavy atom. The summed E-state index contributed by atoms with van der Waals surface area (Å²) in [4.78, 5) is 0. The second-order valence-electron chi connectivity index (χ2n) is 3.47. The molecule has 0 bridgehead atoms. The van der Waals surface area contributed by atoms with E-state index in [0.717, 1.165) is 0 Å². The quantitative estimate of drug-likeness (QED) is 0.616. The number of fused-ring (bicyclic) bond motifs is 1. The average Bonchev–Trinajstić information content (AvgIpc) is 2.07. The minimum Gasteiger partial charge on any atom is -0.227 e. The molecule has 1 atom stereocenters. The third kappa shape index (κ3) is 2.24. The van der Waals surface area contributed by atoms with Gasteiger partial charge in [0.25, 0.3) is 0 Å². The SMILES string of the molecule is Cc1ccc2c(c1)C(C)[CH-]C=C2.[Y]. The van der Waals surface area contributed by atoms with Gasteiger partial charge in [-0.3, -0.25) is 0 Å². The van der Waals surface area contributed by atoms with Crippen LogP contribution in [0.4, 0.5) is 0 Å². The first kappa shape index (κ1) is 11.0. The largest absolute Gasteiger partial charge is 0.227 e. The Morgan fingerprint density at radius 2 is 2.08 bits per heavy atom. The molecule has 0 amide bonds. The van der Waals surface area contributed by atoms with Crippen molar-refractivity contribution >= 4 is 6.08 Å². The maximum Gasteiger partial charge on any atom is 0 e. The van der Waals surface area contributed by atoms with E-state index in [2.05, 4.69) is 50.6 Å². The van der Waals surface area contributed by atoms with Gasteiger partial charge in [0, 0.05) is 32.7 Å². The molecule has 0 saturated heterocycles. The van der Waals surface area contributed by atoms with Crippen LogP contribution in [-0.2, 0) is 32.7 Å². The van der Waals surface area contributed by atoms with Gasteiger partial charge in [-0.05, 0) is 6.92 Å². The Labute approximate surface area is 105 Å². The van der Waals surface area contributed by atoms with E-state index in [0.29, 0.717) is 5.92 Å². The summed E-state index contributed by atoms with van der Waals surface area (Å²) in [6.45, 7) is 4.38. The zero-order valence-corrected chi connectivity index (χ0v) is 11.0. The molecule has 13 heavy (non-hydrogen) atoms. The zero-order chi connectivity index (χ0) is 8.55. The number of hydrogen-bond donors (Lipinski definition) is 0. The monoisotopic (exact) mass is 246 g/mol. The summed E-state index contributed by atoms with van der Waals surface area (Å²) >= 11 is 0. The van der Waals surface area contributed by atoms with E-state index in [-0.39, 0.29) is 32.7 Å². The first-order chi connectivity index (χ1) is 5.77. The summed E-state index contributed by atoms with van der Waals surface area (Å²) < 4.78 is 0. The van der Waals surface area contributed by atoms with Gasteiger partial charge >= 0.3 is 0 Å². The third-order valence-electron chi connectivity index (χ3n) is 2.41. The molecule has 65 valence electrons. The molecule has 0 nitrogen and oxygen atoms in total. The molecule has 0 aromatic heterocycles. The van der Waals surface area contributed by atoms with Gasteiger partial charge in [-0.25, -0.2) is 18.6 Å². The fraction of sp³-hybridized carbons (Fsp3) is 0.250. The molecular formula is C12H13Y-. The van der Waals surface area contributed by atoms with Crippen LogP contribution >= 0.6 is 0 Å². The van der Waals surface area contributed by atoms with Crippen LogP contribution in [0.3, 0.4) is 0 Å². The standard InChI is InChI=1S/C12H13.Y/c1-9-6-7-11-5-3-4-10(2)12(11)8-9;/h3-8,10H,1-2H3;/q-1;. The minimum atomic E-state index is 0. The van der Waals surface area contributed by atoms with E-state index in [1.165, 1.54) is 16.7 Å². The van der Waals surface area contributed by atoms with Crippen molar-refractivity contribution in [1.82, 2.24) is 0 Å². The number of allylic oxidation sites excluding steroid dienone is 1. The molecule has 0 saturated carbocycles. The minimum absolute atomic E-state index is 0. The third-order valence-corrected chi connectivity index (χ3v) is 2.41. The van der Waals surface area contributed by atoms with Crippen LogP contribution < -0.4 is 0 Å². The number of hydrogen-bond acceptors (Lipinski definition) is 0. The first-order valence-corrected chi connectivity index (χ1v) is 4.39. The van der Waals surface area contributed by atoms with Gasteiger partial charge in [-0.1, -0.05) is 42.2 Å². The molecule has 2 rings (SSSR count). The van der Waals surface area contributed by atoms with Crippen molar-refractivity contribution in [3.8, 4) is 0 Å². The van der Waals surface area contributed by atoms with Crippen molar-refractivity contribution < 1.29 is 32.7 Å². The van der Waals surface area contributed by atoms with Crippen molar-refractivity contribution in [3.05, 3.63) is 47.4 Å². The predicted octanol–water partition coefficient (Wildman–Crippen LogP) is 3.33. The molecule has 1 aromatic carbocycles. The van der Waals surface area contributed by atoms with Crippen molar-refractivity contribution in [1.29, 1.82) is 0 Å². The Morgan fingerprint density at radius 3 is 2.85 bits per heavy atom. The van der Waals surface area contributed by atoms with E-state index in [9.17, 15) is 0 Å². The summed E-state index contributed by atoms with van der Waals surface area (Å²) in [6, 6.07) is 6.64. The van der Waals surface area contributed by atoms with Crippen molar-refractivity contribution in [3.63, 3.8) is 0 Å². The molecule has 0 spiro atoms. The molecule has 1 aromatic rings. The van der Waals surface area contributed by atoms with Crippen molar-refractivity contribution in [2.75, 3.05) is 0 Å². The van der Waals surface area contributed by atoms with Gasteiger partial charge in [0.1, 0.15) is 0 Å². The van der Waals surface area contributed by atoms with Crippen LogP contribution in [0.2, 0.25) is 0 Å². The van der Waals surface area contributed by atoms with Crippen LogP contribution in [0.5, 0.6) is 0 Å². The van der Waals surface area contributed by atoms with E-state index in [1.54, 1.807) is 0 Å². The van der Waals surface area contributed by atoms with Gasteiger partial charge in [-0.15, -0.1) is 5.56 Å². The van der Waals surface area contributed by atoms with Crippen LogP contribution in [-0.4, -0.2) is 0 Å². The fourth-order valence-corrected chi connectivity index (χ4v) is 1.67. The fourth-order valence-electron chi connectivity index (χ4n) is 1.67. The number of benzene rings is 1. The van der Waals surface area contributed by atoms with Crippen molar-refractivity contribution in [2.24, 2.45) is 0 Å². The summed E-state index contributed by atoms with van der Waals surface area (Å²) in [5.41, 5.74) is 4.18. The van der Waals surface area contributed by atoms with Gasteiger partial charge in [-0.2, -0.15) is 0 Å². The van der Waals surface area contributed by atoms with Crippen molar-refractivity contribution in [2.45, 2.75) is 19.8 Å². The van der Waals surface area contributed by atoms with Gasteiger partial charge < -0.3 is 0 Å². The van der Waals surface area contributed by atoms with Crippen LogP contribution in [0, 0.1) is 13.3 Å². The molecule has 1 aliphatic rings. The average molecular weight is 246 g/mol. The van der Waals surface area contributed by atoms with E-state index in [1.807, 2.05) is 0 Å².